The number of hydrogen-bond acceptors (Lipinski definition) is 2. The molecule has 0 fully saturated rings. The van der Waals surface area contributed by atoms with Gasteiger partial charge in [-0.3, -0.25) is 0 Å². The zero-order chi connectivity index (χ0) is 33.9. The molecule has 0 amide bonds. The smallest absolute Gasteiger partial charge is 0.135 e. The van der Waals surface area contributed by atoms with E-state index < -0.39 is 0 Å². The molecule has 8 aromatic carbocycles. The van der Waals surface area contributed by atoms with Crippen molar-refractivity contribution in [2.45, 2.75) is 0 Å². The second kappa shape index (κ2) is 10.5. The van der Waals surface area contributed by atoms with Crippen molar-refractivity contribution in [1.29, 1.82) is 0 Å². The number of hydrogen-bond donors (Lipinski definition) is 0. The van der Waals surface area contributed by atoms with E-state index in [-0.39, 0.29) is 0 Å². The highest BCUT2D eigenvalue weighted by atomic mass is 32.1. The van der Waals surface area contributed by atoms with Crippen LogP contribution in [0.15, 0.2) is 174 Å². The van der Waals surface area contributed by atoms with Crippen molar-refractivity contribution in [3.8, 4) is 22.5 Å². The first-order valence-electron chi connectivity index (χ1n) is 17.7. The first kappa shape index (κ1) is 28.1. The summed E-state index contributed by atoms with van der Waals surface area (Å²) in [5, 5.41) is 9.92. The summed E-state index contributed by atoms with van der Waals surface area (Å²) >= 11 is 1.87. The summed E-state index contributed by atoms with van der Waals surface area (Å²) in [7, 11) is 0. The molecular formula is C48H28N2OS. The minimum absolute atomic E-state index is 0.908. The number of nitrogens with zero attached hydrogens (tertiary/aromatic N) is 2. The number of rotatable bonds is 3. The standard InChI is InChI=1S/C48H28N2OS/c1-5-13-41-33(9-1)38-25-29(17-22-43(38)49(41)31-20-24-46-40(27-31)35-11-3-7-15-45(35)51-46)30-18-23-44-39(26-30)34-10-2-6-14-42(34)50(44)32-19-21-37-36-12-4-8-16-47(36)52-48(37)28-32/h1-28H. The van der Waals surface area contributed by atoms with E-state index >= 15 is 0 Å². The van der Waals surface area contributed by atoms with Crippen LogP contribution in [0.5, 0.6) is 0 Å². The maximum Gasteiger partial charge on any atom is 0.135 e. The Hall–Kier alpha value is -6.62. The van der Waals surface area contributed by atoms with Gasteiger partial charge in [-0.15, -0.1) is 11.3 Å². The molecule has 12 aromatic rings. The lowest BCUT2D eigenvalue weighted by Crippen LogP contribution is -1.93. The molecule has 0 radical (unpaired) electrons. The van der Waals surface area contributed by atoms with Gasteiger partial charge in [0.1, 0.15) is 11.2 Å². The van der Waals surface area contributed by atoms with Crippen LogP contribution < -0.4 is 0 Å². The van der Waals surface area contributed by atoms with Crippen LogP contribution >= 0.6 is 11.3 Å². The van der Waals surface area contributed by atoms with Crippen molar-refractivity contribution in [2.24, 2.45) is 0 Å². The van der Waals surface area contributed by atoms with Crippen LogP contribution in [-0.4, -0.2) is 9.13 Å². The van der Waals surface area contributed by atoms with E-state index in [4.69, 9.17) is 4.42 Å². The Morgan fingerprint density at radius 2 is 0.846 bits per heavy atom. The monoisotopic (exact) mass is 680 g/mol. The highest BCUT2D eigenvalue weighted by Gasteiger charge is 2.18. The van der Waals surface area contributed by atoms with Crippen molar-refractivity contribution in [1.82, 2.24) is 9.13 Å². The molecular weight excluding hydrogens is 653 g/mol. The Morgan fingerprint density at radius 1 is 0.327 bits per heavy atom. The second-order valence-corrected chi connectivity index (χ2v) is 14.8. The Labute approximate surface area is 301 Å². The third-order valence-electron chi connectivity index (χ3n) is 10.9. The molecule has 12 rings (SSSR count). The maximum atomic E-state index is 6.17. The molecule has 0 unspecified atom stereocenters. The molecule has 0 saturated heterocycles. The molecule has 52 heavy (non-hydrogen) atoms. The molecule has 242 valence electrons. The van der Waals surface area contributed by atoms with Crippen molar-refractivity contribution in [3.63, 3.8) is 0 Å². The summed E-state index contributed by atoms with van der Waals surface area (Å²) in [6.07, 6.45) is 0. The first-order valence-corrected chi connectivity index (χ1v) is 18.5. The molecule has 0 spiro atoms. The molecule has 0 saturated carbocycles. The van der Waals surface area contributed by atoms with E-state index in [0.29, 0.717) is 0 Å². The molecule has 0 atom stereocenters. The lowest BCUT2D eigenvalue weighted by atomic mass is 10.0. The fourth-order valence-corrected chi connectivity index (χ4v) is 9.71. The van der Waals surface area contributed by atoms with Gasteiger partial charge in [-0.1, -0.05) is 91.0 Å². The fraction of sp³-hybridized carbons (Fsp3) is 0. The average Bonchev–Trinajstić information content (AvgIpc) is 3.94. The van der Waals surface area contributed by atoms with Crippen molar-refractivity contribution < 1.29 is 4.42 Å². The largest absolute Gasteiger partial charge is 0.456 e. The van der Waals surface area contributed by atoms with Crippen LogP contribution in [-0.2, 0) is 0 Å². The molecule has 0 bridgehead atoms. The van der Waals surface area contributed by atoms with Crippen LogP contribution in [0.1, 0.15) is 0 Å². The van der Waals surface area contributed by atoms with Gasteiger partial charge >= 0.3 is 0 Å². The predicted octanol–water partition coefficient (Wildman–Crippen LogP) is 13.8. The summed E-state index contributed by atoms with van der Waals surface area (Å²) in [6, 6.07) is 61.9. The fourth-order valence-electron chi connectivity index (χ4n) is 8.57. The summed E-state index contributed by atoms with van der Waals surface area (Å²) < 4.78 is 13.6. The second-order valence-electron chi connectivity index (χ2n) is 13.7. The molecule has 0 aliphatic carbocycles. The number of aromatic nitrogens is 2. The van der Waals surface area contributed by atoms with Crippen LogP contribution in [0, 0.1) is 0 Å². The average molecular weight is 681 g/mol. The maximum absolute atomic E-state index is 6.17. The van der Waals surface area contributed by atoms with E-state index in [1.54, 1.807) is 0 Å². The van der Waals surface area contributed by atoms with Crippen LogP contribution in [0.2, 0.25) is 0 Å². The molecule has 3 nitrogen and oxygen atoms in total. The van der Waals surface area contributed by atoms with E-state index in [0.717, 1.165) is 27.6 Å². The third-order valence-corrected chi connectivity index (χ3v) is 12.1. The molecule has 0 aliphatic heterocycles. The Kier molecular flexibility index (Phi) is 5.65. The van der Waals surface area contributed by atoms with Gasteiger partial charge in [0.05, 0.1) is 22.1 Å². The van der Waals surface area contributed by atoms with Gasteiger partial charge in [0.2, 0.25) is 0 Å². The van der Waals surface area contributed by atoms with Crippen LogP contribution in [0.3, 0.4) is 0 Å². The van der Waals surface area contributed by atoms with E-state index in [9.17, 15) is 0 Å². The Balaban J connectivity index is 1.03. The normalized spacial score (nSPS) is 12.2. The number of furan rings is 1. The van der Waals surface area contributed by atoms with E-state index in [1.807, 2.05) is 23.5 Å². The first-order chi connectivity index (χ1) is 25.8. The zero-order valence-electron chi connectivity index (χ0n) is 27.9. The van der Waals surface area contributed by atoms with Crippen LogP contribution in [0.4, 0.5) is 0 Å². The molecule has 0 N–H and O–H groups in total. The Morgan fingerprint density at radius 3 is 1.56 bits per heavy atom. The minimum Gasteiger partial charge on any atom is -0.456 e. The number of thiophene rings is 1. The quantitative estimate of drug-likeness (QED) is 0.182. The Bertz CT molecular complexity index is 3430. The summed E-state index contributed by atoms with van der Waals surface area (Å²) in [5.41, 5.74) is 11.4. The molecule has 4 heteroatoms. The molecule has 0 aliphatic rings. The van der Waals surface area contributed by atoms with Gasteiger partial charge in [0, 0.05) is 63.9 Å². The third kappa shape index (κ3) is 3.90. The van der Waals surface area contributed by atoms with Gasteiger partial charge in [-0.2, -0.15) is 0 Å². The van der Waals surface area contributed by atoms with Gasteiger partial charge in [0.25, 0.3) is 0 Å². The summed E-state index contributed by atoms with van der Waals surface area (Å²) in [5.74, 6) is 0. The number of fused-ring (bicyclic) bond motifs is 12. The van der Waals surface area contributed by atoms with Crippen molar-refractivity contribution in [3.05, 3.63) is 170 Å². The van der Waals surface area contributed by atoms with Gasteiger partial charge < -0.3 is 13.6 Å². The number of benzene rings is 8. The van der Waals surface area contributed by atoms with E-state index in [2.05, 4.69) is 167 Å². The summed E-state index contributed by atoms with van der Waals surface area (Å²) in [4.78, 5) is 0. The van der Waals surface area contributed by atoms with Crippen molar-refractivity contribution >= 4 is 97.1 Å². The highest BCUT2D eigenvalue weighted by Crippen LogP contribution is 2.41. The topological polar surface area (TPSA) is 23.0 Å². The van der Waals surface area contributed by atoms with Crippen LogP contribution in [0.25, 0.3) is 108 Å². The number of para-hydroxylation sites is 3. The lowest BCUT2D eigenvalue weighted by Gasteiger charge is -2.10. The lowest BCUT2D eigenvalue weighted by molar-refractivity contribution is 0.669. The van der Waals surface area contributed by atoms with Crippen molar-refractivity contribution in [2.75, 3.05) is 0 Å². The van der Waals surface area contributed by atoms with Gasteiger partial charge in [0.15, 0.2) is 0 Å². The molecule has 4 heterocycles. The SMILES string of the molecule is c1ccc2c(c1)oc1ccc(-n3c4ccccc4c4cc(-c5ccc6c(c5)c5ccccc5n6-c5ccc6c(c5)sc5ccccc56)ccc43)cc12. The van der Waals surface area contributed by atoms with Gasteiger partial charge in [-0.25, -0.2) is 0 Å². The zero-order valence-corrected chi connectivity index (χ0v) is 28.7. The highest BCUT2D eigenvalue weighted by molar-refractivity contribution is 7.25. The predicted molar refractivity (Wildman–Crippen MR) is 221 cm³/mol. The summed E-state index contributed by atoms with van der Waals surface area (Å²) in [6.45, 7) is 0. The minimum atomic E-state index is 0.908. The van der Waals surface area contributed by atoms with E-state index in [1.165, 1.54) is 80.6 Å². The molecule has 4 aromatic heterocycles. The van der Waals surface area contributed by atoms with Gasteiger partial charge in [-0.05, 0) is 90.0 Å².